The van der Waals surface area contributed by atoms with Crippen LogP contribution in [0, 0.1) is 0 Å². The van der Waals surface area contributed by atoms with Gasteiger partial charge in [0.15, 0.2) is 0 Å². The van der Waals surface area contributed by atoms with Crippen molar-refractivity contribution in [3.8, 4) is 10.6 Å². The van der Waals surface area contributed by atoms with E-state index in [1.165, 1.54) is 11.3 Å². The minimum atomic E-state index is -0.862. The summed E-state index contributed by atoms with van der Waals surface area (Å²) < 4.78 is 1.11. The second-order valence-electron chi connectivity index (χ2n) is 3.74. The van der Waals surface area contributed by atoms with Crippen molar-refractivity contribution in [3.05, 3.63) is 34.8 Å². The van der Waals surface area contributed by atoms with Gasteiger partial charge in [-0.3, -0.25) is 9.78 Å². The summed E-state index contributed by atoms with van der Waals surface area (Å²) in [6, 6.07) is 4.01. The Balaban J connectivity index is 1.97. The van der Waals surface area contributed by atoms with E-state index in [4.69, 9.17) is 5.11 Å². The predicted octanol–water partition coefficient (Wildman–Crippen LogP) is 3.05. The molecule has 4 nitrogen and oxygen atoms in total. The number of carbonyl (C=O) groups is 1. The van der Waals surface area contributed by atoms with Crippen molar-refractivity contribution in [3.63, 3.8) is 0 Å². The number of hydrogen-bond donors (Lipinski definition) is 1. The third-order valence-corrected chi connectivity index (χ3v) is 4.23. The average Bonchev–Trinajstić information content (AvgIpc) is 2.95. The fourth-order valence-corrected chi connectivity index (χ4v) is 3.22. The topological polar surface area (TPSA) is 63.1 Å². The largest absolute Gasteiger partial charge is 0.481 e. The van der Waals surface area contributed by atoms with Crippen LogP contribution in [-0.2, 0) is 11.2 Å². The molecular formula is C12H8N2O2S2. The zero-order valence-electron chi connectivity index (χ0n) is 9.16. The number of nitrogens with zero attached hydrogens (tertiary/aromatic N) is 2. The van der Waals surface area contributed by atoms with Crippen LogP contribution in [0.15, 0.2) is 29.1 Å². The fourth-order valence-electron chi connectivity index (χ4n) is 1.64. The lowest BCUT2D eigenvalue weighted by molar-refractivity contribution is -0.136. The first kappa shape index (κ1) is 11.3. The molecule has 0 radical (unpaired) electrons. The van der Waals surface area contributed by atoms with Crippen LogP contribution < -0.4 is 0 Å². The molecular weight excluding hydrogens is 268 g/mol. The summed E-state index contributed by atoms with van der Waals surface area (Å²) in [6.07, 6.45) is 1.74. The molecule has 1 N–H and O–H groups in total. The molecule has 6 heteroatoms. The maximum atomic E-state index is 10.6. The van der Waals surface area contributed by atoms with Crippen molar-refractivity contribution >= 4 is 38.9 Å². The molecule has 0 aromatic carbocycles. The molecule has 90 valence electrons. The molecule has 3 aromatic rings. The van der Waals surface area contributed by atoms with Gasteiger partial charge in [0.2, 0.25) is 0 Å². The Morgan fingerprint density at radius 3 is 3.11 bits per heavy atom. The van der Waals surface area contributed by atoms with E-state index in [0.29, 0.717) is 5.69 Å². The van der Waals surface area contributed by atoms with Crippen molar-refractivity contribution < 1.29 is 9.90 Å². The lowest BCUT2D eigenvalue weighted by atomic mass is 10.3. The maximum Gasteiger partial charge on any atom is 0.309 e. The summed E-state index contributed by atoms with van der Waals surface area (Å²) in [5.41, 5.74) is 2.51. The van der Waals surface area contributed by atoms with Crippen LogP contribution in [0.2, 0.25) is 0 Å². The smallest absolute Gasteiger partial charge is 0.309 e. The second kappa shape index (κ2) is 4.47. The van der Waals surface area contributed by atoms with Crippen LogP contribution in [0.5, 0.6) is 0 Å². The van der Waals surface area contributed by atoms with E-state index in [1.54, 1.807) is 22.9 Å². The SMILES string of the molecule is O=C(O)Cc1csc(-c2cnc3ccsc3c2)n1. The highest BCUT2D eigenvalue weighted by Gasteiger charge is 2.09. The first-order chi connectivity index (χ1) is 8.72. The van der Waals surface area contributed by atoms with Crippen LogP contribution >= 0.6 is 22.7 Å². The molecule has 0 atom stereocenters. The molecule has 0 aliphatic carbocycles. The molecule has 0 unspecified atom stereocenters. The number of thiophene rings is 1. The molecule has 0 bridgehead atoms. The molecule has 0 aliphatic rings. The Kier molecular flexibility index (Phi) is 2.81. The second-order valence-corrected chi connectivity index (χ2v) is 5.55. The number of aliphatic carboxylic acids is 1. The predicted molar refractivity (Wildman–Crippen MR) is 72.1 cm³/mol. The van der Waals surface area contributed by atoms with Crippen LogP contribution in [0.1, 0.15) is 5.69 Å². The van der Waals surface area contributed by atoms with Gasteiger partial charge in [0, 0.05) is 17.1 Å². The van der Waals surface area contributed by atoms with Gasteiger partial charge in [-0.2, -0.15) is 0 Å². The average molecular weight is 276 g/mol. The number of carboxylic acids is 1. The Hall–Kier alpha value is -1.79. The van der Waals surface area contributed by atoms with Gasteiger partial charge >= 0.3 is 5.97 Å². The Morgan fingerprint density at radius 2 is 2.28 bits per heavy atom. The van der Waals surface area contributed by atoms with Gasteiger partial charge in [-0.05, 0) is 17.5 Å². The van der Waals surface area contributed by atoms with E-state index in [9.17, 15) is 4.79 Å². The number of aromatic nitrogens is 2. The molecule has 0 amide bonds. The quantitative estimate of drug-likeness (QED) is 0.798. The van der Waals surface area contributed by atoms with Crippen molar-refractivity contribution in [2.45, 2.75) is 6.42 Å². The van der Waals surface area contributed by atoms with Crippen LogP contribution in [-0.4, -0.2) is 21.0 Å². The van der Waals surface area contributed by atoms with Gasteiger partial charge in [-0.25, -0.2) is 4.98 Å². The van der Waals surface area contributed by atoms with Gasteiger partial charge < -0.3 is 5.11 Å². The fraction of sp³-hybridized carbons (Fsp3) is 0.0833. The molecule has 0 fully saturated rings. The third-order valence-electron chi connectivity index (χ3n) is 2.43. The molecule has 3 rings (SSSR count). The first-order valence-electron chi connectivity index (χ1n) is 5.22. The van der Waals surface area contributed by atoms with E-state index < -0.39 is 5.97 Å². The van der Waals surface area contributed by atoms with Crippen LogP contribution in [0.4, 0.5) is 0 Å². The van der Waals surface area contributed by atoms with Gasteiger partial charge in [0.25, 0.3) is 0 Å². The van der Waals surface area contributed by atoms with E-state index in [1.807, 2.05) is 17.5 Å². The molecule has 0 saturated heterocycles. The van der Waals surface area contributed by atoms with Crippen LogP contribution in [0.3, 0.4) is 0 Å². The maximum absolute atomic E-state index is 10.6. The molecule has 0 spiro atoms. The molecule has 3 heterocycles. The van der Waals surface area contributed by atoms with E-state index >= 15 is 0 Å². The van der Waals surface area contributed by atoms with Crippen molar-refractivity contribution in [2.24, 2.45) is 0 Å². The number of fused-ring (bicyclic) bond motifs is 1. The normalized spacial score (nSPS) is 10.9. The molecule has 18 heavy (non-hydrogen) atoms. The third kappa shape index (κ3) is 2.12. The summed E-state index contributed by atoms with van der Waals surface area (Å²) in [4.78, 5) is 19.3. The summed E-state index contributed by atoms with van der Waals surface area (Å²) in [6.45, 7) is 0. The summed E-state index contributed by atoms with van der Waals surface area (Å²) >= 11 is 3.08. The van der Waals surface area contributed by atoms with Crippen molar-refractivity contribution in [2.75, 3.05) is 0 Å². The lowest BCUT2D eigenvalue weighted by Crippen LogP contribution is -1.99. The molecule has 0 saturated carbocycles. The summed E-state index contributed by atoms with van der Waals surface area (Å²) in [7, 11) is 0. The highest BCUT2D eigenvalue weighted by Crippen LogP contribution is 2.28. The first-order valence-corrected chi connectivity index (χ1v) is 6.98. The Bertz CT molecular complexity index is 718. The van der Waals surface area contributed by atoms with Crippen LogP contribution in [0.25, 0.3) is 20.8 Å². The highest BCUT2D eigenvalue weighted by atomic mass is 32.1. The lowest BCUT2D eigenvalue weighted by Gasteiger charge is -1.95. The van der Waals surface area contributed by atoms with E-state index in [-0.39, 0.29) is 6.42 Å². The zero-order chi connectivity index (χ0) is 12.5. The number of thiazole rings is 1. The Morgan fingerprint density at radius 1 is 1.39 bits per heavy atom. The number of carboxylic acid groups (broad SMARTS) is 1. The monoisotopic (exact) mass is 276 g/mol. The van der Waals surface area contributed by atoms with E-state index in [2.05, 4.69) is 9.97 Å². The number of pyridine rings is 1. The molecule has 3 aromatic heterocycles. The van der Waals surface area contributed by atoms with Crippen molar-refractivity contribution in [1.82, 2.24) is 9.97 Å². The minimum absolute atomic E-state index is 0.0365. The highest BCUT2D eigenvalue weighted by molar-refractivity contribution is 7.17. The van der Waals surface area contributed by atoms with Crippen molar-refractivity contribution in [1.29, 1.82) is 0 Å². The number of rotatable bonds is 3. The van der Waals surface area contributed by atoms with Gasteiger partial charge in [-0.15, -0.1) is 22.7 Å². The van der Waals surface area contributed by atoms with Gasteiger partial charge in [0.1, 0.15) is 5.01 Å². The number of hydrogen-bond acceptors (Lipinski definition) is 5. The minimum Gasteiger partial charge on any atom is -0.481 e. The van der Waals surface area contributed by atoms with E-state index in [0.717, 1.165) is 20.8 Å². The molecule has 0 aliphatic heterocycles. The zero-order valence-corrected chi connectivity index (χ0v) is 10.8. The van der Waals surface area contributed by atoms with Gasteiger partial charge in [-0.1, -0.05) is 0 Å². The Labute approximate surface area is 111 Å². The summed E-state index contributed by atoms with van der Waals surface area (Å²) in [5.74, 6) is -0.862. The van der Waals surface area contributed by atoms with Gasteiger partial charge in [0.05, 0.1) is 22.3 Å². The standard InChI is InChI=1S/C12H8N2O2S2/c15-11(16)4-8-6-18-12(14-8)7-3-10-9(13-5-7)1-2-17-10/h1-3,5-6H,4H2,(H,15,16). The summed E-state index contributed by atoms with van der Waals surface area (Å²) in [5, 5.41) is 13.3.